The smallest absolute Gasteiger partial charge is 0.339 e. The highest BCUT2D eigenvalue weighted by molar-refractivity contribution is 6.03. The maximum atomic E-state index is 12.8. The summed E-state index contributed by atoms with van der Waals surface area (Å²) in [6.07, 6.45) is 22.2. The Hall–Kier alpha value is -1.84. The Morgan fingerprint density at radius 2 is 1.11 bits per heavy atom. The molecule has 2 atom stereocenters. The second-order valence-corrected chi connectivity index (χ2v) is 10.7. The van der Waals surface area contributed by atoms with Gasteiger partial charge in [-0.1, -0.05) is 136 Å². The number of carbonyl (C=O) groups excluding carboxylic acids is 2. The fraction of sp³-hybridized carbons (Fsp3) is 0.758. The van der Waals surface area contributed by atoms with E-state index in [2.05, 4.69) is 20.8 Å². The van der Waals surface area contributed by atoms with Gasteiger partial charge in [0.1, 0.15) is 6.10 Å². The van der Waals surface area contributed by atoms with Crippen LogP contribution in [0.2, 0.25) is 0 Å². The summed E-state index contributed by atoms with van der Waals surface area (Å²) in [7, 11) is 0. The quantitative estimate of drug-likeness (QED) is 0.107. The Morgan fingerprint density at radius 3 is 1.57 bits per heavy atom. The van der Waals surface area contributed by atoms with Crippen molar-refractivity contribution in [2.45, 2.75) is 149 Å². The number of hydrogen-bond donors (Lipinski definition) is 0. The molecule has 4 heteroatoms. The maximum absolute atomic E-state index is 12.8. The maximum Gasteiger partial charge on any atom is 0.339 e. The van der Waals surface area contributed by atoms with E-state index in [0.29, 0.717) is 23.7 Å². The van der Waals surface area contributed by atoms with Crippen molar-refractivity contribution in [1.29, 1.82) is 0 Å². The second kappa shape index (κ2) is 22.2. The summed E-state index contributed by atoms with van der Waals surface area (Å²) in [6.45, 7) is 8.94. The predicted molar refractivity (Wildman–Crippen MR) is 155 cm³/mol. The lowest BCUT2D eigenvalue weighted by atomic mass is 9.97. The summed E-state index contributed by atoms with van der Waals surface area (Å²) in [6, 6.07) is 6.84. The third-order valence-electron chi connectivity index (χ3n) is 7.39. The Kier molecular flexibility index (Phi) is 19.9. The highest BCUT2D eigenvalue weighted by Gasteiger charge is 2.24. The fourth-order valence-corrected chi connectivity index (χ4v) is 5.00. The van der Waals surface area contributed by atoms with Gasteiger partial charge in [0.25, 0.3) is 0 Å². The minimum atomic E-state index is -0.437. The lowest BCUT2D eigenvalue weighted by Crippen LogP contribution is -2.26. The number of esters is 2. The molecule has 4 nitrogen and oxygen atoms in total. The lowest BCUT2D eigenvalue weighted by Gasteiger charge is -2.23. The van der Waals surface area contributed by atoms with Gasteiger partial charge in [0.15, 0.2) is 0 Å². The van der Waals surface area contributed by atoms with Crippen LogP contribution in [0.25, 0.3) is 0 Å². The third kappa shape index (κ3) is 15.2. The number of unbranched alkanes of at least 4 members (excludes halogenated alkanes) is 14. The van der Waals surface area contributed by atoms with Crippen molar-refractivity contribution in [1.82, 2.24) is 0 Å². The van der Waals surface area contributed by atoms with E-state index >= 15 is 0 Å². The SMILES string of the molecule is CCCCCCCCCCCCCCCCCOC(=O)c1ccccc1C(=O)OC(CC)C(C)CCC. The molecule has 1 aromatic rings. The van der Waals surface area contributed by atoms with Crippen LogP contribution in [0, 0.1) is 5.92 Å². The molecule has 0 spiro atoms. The molecule has 1 rings (SSSR count). The predicted octanol–water partition coefficient (Wildman–Crippen LogP) is 10.1. The van der Waals surface area contributed by atoms with Crippen molar-refractivity contribution in [2.24, 2.45) is 5.92 Å². The molecule has 0 aliphatic rings. The van der Waals surface area contributed by atoms with Crippen LogP contribution in [0.3, 0.4) is 0 Å². The molecule has 0 bridgehead atoms. The average molecular weight is 517 g/mol. The molecule has 0 aliphatic heterocycles. The Morgan fingerprint density at radius 1 is 0.649 bits per heavy atom. The molecular weight excluding hydrogens is 460 g/mol. The van der Waals surface area contributed by atoms with Gasteiger partial charge < -0.3 is 9.47 Å². The van der Waals surface area contributed by atoms with Gasteiger partial charge in [-0.2, -0.15) is 0 Å². The Labute approximate surface area is 228 Å². The standard InChI is InChI=1S/C33H56O4/c1-5-8-9-10-11-12-13-14-15-16-17-18-19-20-23-27-36-32(34)29-25-21-22-26-30(29)33(35)37-31(7-3)28(4)24-6-2/h21-22,25-26,28,31H,5-20,23-24,27H2,1-4H3. The van der Waals surface area contributed by atoms with E-state index in [-0.39, 0.29) is 6.10 Å². The van der Waals surface area contributed by atoms with E-state index in [4.69, 9.17) is 9.47 Å². The first kappa shape index (κ1) is 33.2. The summed E-state index contributed by atoms with van der Waals surface area (Å²) in [4.78, 5) is 25.5. The van der Waals surface area contributed by atoms with Crippen molar-refractivity contribution in [3.63, 3.8) is 0 Å². The van der Waals surface area contributed by atoms with Crippen LogP contribution in [0.4, 0.5) is 0 Å². The van der Waals surface area contributed by atoms with Crippen molar-refractivity contribution in [3.05, 3.63) is 35.4 Å². The second-order valence-electron chi connectivity index (χ2n) is 10.7. The lowest BCUT2D eigenvalue weighted by molar-refractivity contribution is 0.0132. The molecule has 37 heavy (non-hydrogen) atoms. The Bertz CT molecular complexity index is 714. The van der Waals surface area contributed by atoms with Gasteiger partial charge >= 0.3 is 11.9 Å². The van der Waals surface area contributed by atoms with Crippen LogP contribution >= 0.6 is 0 Å². The van der Waals surface area contributed by atoms with Crippen LogP contribution in [0.15, 0.2) is 24.3 Å². The Balaban J connectivity index is 2.20. The van der Waals surface area contributed by atoms with Crippen LogP contribution in [0.1, 0.15) is 164 Å². The van der Waals surface area contributed by atoms with E-state index in [1.54, 1.807) is 24.3 Å². The largest absolute Gasteiger partial charge is 0.462 e. The number of ether oxygens (including phenoxy) is 2. The van der Waals surface area contributed by atoms with Crippen LogP contribution < -0.4 is 0 Å². The van der Waals surface area contributed by atoms with Gasteiger partial charge in [-0.3, -0.25) is 0 Å². The molecule has 212 valence electrons. The number of carbonyl (C=O) groups is 2. The van der Waals surface area contributed by atoms with Crippen molar-refractivity contribution in [2.75, 3.05) is 6.61 Å². The first-order valence-corrected chi connectivity index (χ1v) is 15.5. The molecule has 0 fully saturated rings. The van der Waals surface area contributed by atoms with Crippen molar-refractivity contribution < 1.29 is 19.1 Å². The first-order chi connectivity index (χ1) is 18.0. The van der Waals surface area contributed by atoms with Crippen molar-refractivity contribution in [3.8, 4) is 0 Å². The van der Waals surface area contributed by atoms with Crippen LogP contribution in [-0.2, 0) is 9.47 Å². The summed E-state index contributed by atoms with van der Waals surface area (Å²) >= 11 is 0. The molecule has 0 heterocycles. The van der Waals surface area contributed by atoms with Gasteiger partial charge in [0.2, 0.25) is 0 Å². The fourth-order valence-electron chi connectivity index (χ4n) is 5.00. The zero-order valence-corrected chi connectivity index (χ0v) is 24.5. The molecule has 1 aromatic carbocycles. The van der Waals surface area contributed by atoms with Gasteiger partial charge in [-0.05, 0) is 37.3 Å². The summed E-state index contributed by atoms with van der Waals surface area (Å²) < 4.78 is 11.3. The van der Waals surface area contributed by atoms with Gasteiger partial charge in [-0.15, -0.1) is 0 Å². The highest BCUT2D eigenvalue weighted by Crippen LogP contribution is 2.20. The monoisotopic (exact) mass is 516 g/mol. The zero-order valence-electron chi connectivity index (χ0n) is 24.5. The van der Waals surface area contributed by atoms with Gasteiger partial charge in [0.05, 0.1) is 17.7 Å². The van der Waals surface area contributed by atoms with E-state index in [1.165, 1.54) is 83.5 Å². The first-order valence-electron chi connectivity index (χ1n) is 15.5. The number of rotatable bonds is 23. The number of hydrogen-bond acceptors (Lipinski definition) is 4. The summed E-state index contributed by atoms with van der Waals surface area (Å²) in [5.74, 6) is -0.579. The topological polar surface area (TPSA) is 52.6 Å². The summed E-state index contributed by atoms with van der Waals surface area (Å²) in [5.41, 5.74) is 0.595. The highest BCUT2D eigenvalue weighted by atomic mass is 16.5. The van der Waals surface area contributed by atoms with E-state index in [0.717, 1.165) is 32.1 Å². The molecule has 0 aliphatic carbocycles. The molecule has 0 N–H and O–H groups in total. The molecule has 0 saturated carbocycles. The molecule has 2 unspecified atom stereocenters. The minimum Gasteiger partial charge on any atom is -0.462 e. The molecule has 0 radical (unpaired) electrons. The zero-order chi connectivity index (χ0) is 27.1. The van der Waals surface area contributed by atoms with Gasteiger partial charge in [-0.25, -0.2) is 9.59 Å². The van der Waals surface area contributed by atoms with Crippen molar-refractivity contribution >= 4 is 11.9 Å². The van der Waals surface area contributed by atoms with Crippen LogP contribution in [-0.4, -0.2) is 24.6 Å². The normalized spacial score (nSPS) is 12.8. The molecule has 0 amide bonds. The molecule has 0 aromatic heterocycles. The average Bonchev–Trinajstić information content (AvgIpc) is 2.91. The number of benzene rings is 1. The third-order valence-corrected chi connectivity index (χ3v) is 7.39. The van der Waals surface area contributed by atoms with Gasteiger partial charge in [0, 0.05) is 0 Å². The van der Waals surface area contributed by atoms with E-state index in [1.807, 2.05) is 6.92 Å². The van der Waals surface area contributed by atoms with Crippen LogP contribution in [0.5, 0.6) is 0 Å². The summed E-state index contributed by atoms with van der Waals surface area (Å²) in [5, 5.41) is 0. The minimum absolute atomic E-state index is 0.142. The molecule has 0 saturated heterocycles. The van der Waals surface area contributed by atoms with E-state index < -0.39 is 11.9 Å². The molecular formula is C33H56O4. The van der Waals surface area contributed by atoms with E-state index in [9.17, 15) is 9.59 Å².